The molecule has 184 valence electrons. The molecule has 1 heterocycles. The molecule has 4 rings (SSSR count). The van der Waals surface area contributed by atoms with Gasteiger partial charge >= 0.3 is 12.1 Å². The number of hydrogen-bond acceptors (Lipinski definition) is 3. The second-order valence-electron chi connectivity index (χ2n) is 8.30. The number of rotatable bonds is 6. The SMILES string of the molecule is C=CC(=O)c1ccccc1-c1ccc2c(c1)C(C(=O)O)CN(Cc1ccc(C(F)(F)F)c(F)c1)C2=O. The van der Waals surface area contributed by atoms with Crippen molar-refractivity contribution in [3.05, 3.63) is 107 Å². The Morgan fingerprint density at radius 1 is 1.06 bits per heavy atom. The smallest absolute Gasteiger partial charge is 0.419 e. The van der Waals surface area contributed by atoms with Crippen molar-refractivity contribution < 1.29 is 37.1 Å². The Bertz CT molecular complexity index is 1400. The molecule has 9 heteroatoms. The van der Waals surface area contributed by atoms with Crippen LogP contribution in [0.25, 0.3) is 11.1 Å². The molecule has 1 N–H and O–H groups in total. The number of fused-ring (bicyclic) bond motifs is 1. The average molecular weight is 497 g/mol. The molecule has 0 saturated carbocycles. The summed E-state index contributed by atoms with van der Waals surface area (Å²) in [5, 5.41) is 9.88. The molecule has 0 spiro atoms. The molecule has 1 aliphatic heterocycles. The summed E-state index contributed by atoms with van der Waals surface area (Å²) in [7, 11) is 0. The lowest BCUT2D eigenvalue weighted by atomic mass is 9.85. The molecule has 36 heavy (non-hydrogen) atoms. The standard InChI is InChI=1S/C27H19F4NO4/c1-2-24(33)18-6-4-3-5-17(18)16-8-9-19-20(12-16)21(26(35)36)14-32(25(19)34)13-15-7-10-22(23(28)11-15)27(29,30)31/h2-12,21H,1,13-14H2,(H,35,36). The molecule has 1 aliphatic rings. The number of allylic oxidation sites excluding steroid dienone is 1. The molecule has 0 bridgehead atoms. The second-order valence-corrected chi connectivity index (χ2v) is 8.30. The first-order valence-corrected chi connectivity index (χ1v) is 10.8. The van der Waals surface area contributed by atoms with Gasteiger partial charge in [-0.25, -0.2) is 4.39 Å². The number of nitrogens with zero attached hydrogens (tertiary/aromatic N) is 1. The molecule has 0 aromatic heterocycles. The first kappa shape index (κ1) is 24.8. The van der Waals surface area contributed by atoms with Crippen LogP contribution in [-0.4, -0.2) is 34.2 Å². The maximum Gasteiger partial charge on any atom is 0.419 e. The van der Waals surface area contributed by atoms with Gasteiger partial charge in [0.25, 0.3) is 5.91 Å². The molecular formula is C27H19F4NO4. The lowest BCUT2D eigenvalue weighted by Crippen LogP contribution is -2.41. The molecule has 0 aliphatic carbocycles. The van der Waals surface area contributed by atoms with Gasteiger partial charge in [0.05, 0.1) is 5.56 Å². The maximum atomic E-state index is 14.0. The number of alkyl halides is 3. The molecule has 0 saturated heterocycles. The number of carbonyl (C=O) groups excluding carboxylic acids is 2. The van der Waals surface area contributed by atoms with Gasteiger partial charge < -0.3 is 10.0 Å². The summed E-state index contributed by atoms with van der Waals surface area (Å²) in [6.07, 6.45) is -3.69. The number of carboxylic acids is 1. The Kier molecular flexibility index (Phi) is 6.49. The van der Waals surface area contributed by atoms with Crippen LogP contribution >= 0.6 is 0 Å². The van der Waals surface area contributed by atoms with Crippen molar-refractivity contribution in [1.82, 2.24) is 4.90 Å². The Labute approximate surface area is 203 Å². The average Bonchev–Trinajstić information content (AvgIpc) is 2.84. The molecule has 1 unspecified atom stereocenters. The van der Waals surface area contributed by atoms with Crippen molar-refractivity contribution in [2.75, 3.05) is 6.54 Å². The minimum absolute atomic E-state index is 0.0925. The first-order valence-electron chi connectivity index (χ1n) is 10.8. The van der Waals surface area contributed by atoms with Crippen LogP contribution in [0.1, 0.15) is 43.3 Å². The lowest BCUT2D eigenvalue weighted by molar-refractivity contribution is -0.140. The van der Waals surface area contributed by atoms with Gasteiger partial charge in [-0.3, -0.25) is 14.4 Å². The van der Waals surface area contributed by atoms with Gasteiger partial charge in [-0.05, 0) is 52.6 Å². The van der Waals surface area contributed by atoms with Crippen molar-refractivity contribution in [3.8, 4) is 11.1 Å². The van der Waals surface area contributed by atoms with Gasteiger partial charge in [0.15, 0.2) is 5.78 Å². The summed E-state index contributed by atoms with van der Waals surface area (Å²) in [5.41, 5.74) is 0.481. The molecule has 0 fully saturated rings. The summed E-state index contributed by atoms with van der Waals surface area (Å²) in [5.74, 6) is -4.68. The highest BCUT2D eigenvalue weighted by molar-refractivity contribution is 6.09. The van der Waals surface area contributed by atoms with Crippen LogP contribution in [0.3, 0.4) is 0 Å². The van der Waals surface area contributed by atoms with Gasteiger partial charge in [-0.1, -0.05) is 43.0 Å². The Balaban J connectivity index is 1.70. The zero-order chi connectivity index (χ0) is 26.2. The Hall–Kier alpha value is -4.27. The topological polar surface area (TPSA) is 74.7 Å². The van der Waals surface area contributed by atoms with E-state index in [1.807, 2.05) is 0 Å². The van der Waals surface area contributed by atoms with Crippen LogP contribution in [0.5, 0.6) is 0 Å². The molecule has 5 nitrogen and oxygen atoms in total. The minimum atomic E-state index is -4.86. The van der Waals surface area contributed by atoms with E-state index >= 15 is 0 Å². The monoisotopic (exact) mass is 497 g/mol. The van der Waals surface area contributed by atoms with Gasteiger partial charge in [-0.15, -0.1) is 0 Å². The van der Waals surface area contributed by atoms with Crippen molar-refractivity contribution in [1.29, 1.82) is 0 Å². The highest BCUT2D eigenvalue weighted by Crippen LogP contribution is 2.35. The number of halogens is 4. The van der Waals surface area contributed by atoms with Crippen molar-refractivity contribution in [3.63, 3.8) is 0 Å². The fourth-order valence-corrected chi connectivity index (χ4v) is 4.30. The molecule has 1 atom stereocenters. The lowest BCUT2D eigenvalue weighted by Gasteiger charge is -2.33. The van der Waals surface area contributed by atoms with Crippen LogP contribution in [0.2, 0.25) is 0 Å². The summed E-state index contributed by atoms with van der Waals surface area (Å²) in [6.45, 7) is 2.96. The van der Waals surface area contributed by atoms with Gasteiger partial charge in [-0.2, -0.15) is 13.2 Å². The first-order chi connectivity index (χ1) is 17.0. The van der Waals surface area contributed by atoms with E-state index in [1.165, 1.54) is 12.1 Å². The number of amides is 1. The zero-order valence-corrected chi connectivity index (χ0v) is 18.7. The third kappa shape index (κ3) is 4.64. The van der Waals surface area contributed by atoms with E-state index in [4.69, 9.17) is 0 Å². The number of aliphatic carboxylic acids is 1. The predicted octanol–water partition coefficient (Wildman–Crippen LogP) is 5.70. The number of carbonyl (C=O) groups is 3. The number of carboxylic acid groups (broad SMARTS) is 1. The van der Waals surface area contributed by atoms with E-state index in [9.17, 15) is 37.1 Å². The normalized spacial score (nSPS) is 15.4. The van der Waals surface area contributed by atoms with Gasteiger partial charge in [0, 0.05) is 24.2 Å². The quantitative estimate of drug-likeness (QED) is 0.269. The number of hydrogen-bond donors (Lipinski definition) is 1. The predicted molar refractivity (Wildman–Crippen MR) is 123 cm³/mol. The van der Waals surface area contributed by atoms with Gasteiger partial charge in [0.2, 0.25) is 0 Å². The van der Waals surface area contributed by atoms with E-state index in [-0.39, 0.29) is 35.6 Å². The second kappa shape index (κ2) is 9.41. The fourth-order valence-electron chi connectivity index (χ4n) is 4.30. The Morgan fingerprint density at radius 2 is 1.78 bits per heavy atom. The van der Waals surface area contributed by atoms with Crippen LogP contribution < -0.4 is 0 Å². The molecule has 1 amide bonds. The van der Waals surface area contributed by atoms with Crippen molar-refractivity contribution in [2.24, 2.45) is 0 Å². The summed E-state index contributed by atoms with van der Waals surface area (Å²) >= 11 is 0. The highest BCUT2D eigenvalue weighted by atomic mass is 19.4. The minimum Gasteiger partial charge on any atom is -0.481 e. The van der Waals surface area contributed by atoms with E-state index in [1.54, 1.807) is 36.4 Å². The summed E-state index contributed by atoms with van der Waals surface area (Å²) < 4.78 is 52.6. The summed E-state index contributed by atoms with van der Waals surface area (Å²) in [4.78, 5) is 38.7. The molecular weight excluding hydrogens is 478 g/mol. The van der Waals surface area contributed by atoms with E-state index in [2.05, 4.69) is 6.58 Å². The van der Waals surface area contributed by atoms with Crippen molar-refractivity contribution >= 4 is 17.7 Å². The van der Waals surface area contributed by atoms with E-state index < -0.39 is 35.4 Å². The van der Waals surface area contributed by atoms with Gasteiger partial charge in [0.1, 0.15) is 11.7 Å². The highest BCUT2D eigenvalue weighted by Gasteiger charge is 2.37. The third-order valence-corrected chi connectivity index (χ3v) is 6.05. The van der Waals surface area contributed by atoms with E-state index in [0.717, 1.165) is 11.0 Å². The van der Waals surface area contributed by atoms with Crippen LogP contribution in [-0.2, 0) is 17.5 Å². The number of benzene rings is 3. The molecule has 3 aromatic carbocycles. The third-order valence-electron chi connectivity index (χ3n) is 6.05. The van der Waals surface area contributed by atoms with Crippen LogP contribution in [0.4, 0.5) is 17.6 Å². The summed E-state index contributed by atoms with van der Waals surface area (Å²) in [6, 6.07) is 13.7. The maximum absolute atomic E-state index is 14.0. The largest absolute Gasteiger partial charge is 0.481 e. The molecule has 0 radical (unpaired) electrons. The zero-order valence-electron chi connectivity index (χ0n) is 18.7. The number of ketones is 1. The van der Waals surface area contributed by atoms with Crippen molar-refractivity contribution in [2.45, 2.75) is 18.6 Å². The molecule has 3 aromatic rings. The fraction of sp³-hybridized carbons (Fsp3) is 0.148. The Morgan fingerprint density at radius 3 is 2.42 bits per heavy atom. The van der Waals surface area contributed by atoms with Crippen LogP contribution in [0, 0.1) is 5.82 Å². The van der Waals surface area contributed by atoms with Crippen LogP contribution in [0.15, 0.2) is 73.3 Å². The van der Waals surface area contributed by atoms with E-state index in [0.29, 0.717) is 28.8 Å².